The molecule has 1 aromatic carbocycles. The monoisotopic (exact) mass is 187 g/mol. The van der Waals surface area contributed by atoms with Gasteiger partial charge in [0.15, 0.2) is 0 Å². The number of hydrogen-bond donors (Lipinski definition) is 1. The van der Waals surface area contributed by atoms with E-state index in [0.717, 1.165) is 6.42 Å². The van der Waals surface area contributed by atoms with Crippen molar-refractivity contribution in [3.8, 4) is 0 Å². The highest BCUT2D eigenvalue weighted by molar-refractivity contribution is 5.63. The molecule has 0 atom stereocenters. The van der Waals surface area contributed by atoms with E-state index in [1.54, 1.807) is 0 Å². The van der Waals surface area contributed by atoms with Crippen LogP contribution in [0.25, 0.3) is 6.08 Å². The van der Waals surface area contributed by atoms with Crippen molar-refractivity contribution in [1.82, 2.24) is 0 Å². The normalized spacial score (nSPS) is 17.6. The molecule has 0 saturated heterocycles. The van der Waals surface area contributed by atoms with Gasteiger partial charge in [-0.1, -0.05) is 32.1 Å². The van der Waals surface area contributed by atoms with Gasteiger partial charge in [-0.3, -0.25) is 0 Å². The van der Waals surface area contributed by atoms with Crippen LogP contribution < -0.4 is 5.32 Å². The maximum Gasteiger partial charge on any atom is 0.0343 e. The fourth-order valence-corrected chi connectivity index (χ4v) is 1.93. The Labute approximate surface area is 85.8 Å². The number of hydrogen-bond acceptors (Lipinski definition) is 1. The first-order valence-corrected chi connectivity index (χ1v) is 5.11. The van der Waals surface area contributed by atoms with Crippen LogP contribution in [0.2, 0.25) is 0 Å². The lowest BCUT2D eigenvalue weighted by atomic mass is 9.79. The number of fused-ring (bicyclic) bond motifs is 1. The molecule has 0 fully saturated rings. The van der Waals surface area contributed by atoms with E-state index in [-0.39, 0.29) is 0 Å². The molecular weight excluding hydrogens is 170 g/mol. The zero-order chi connectivity index (χ0) is 10.2. The number of nitrogens with one attached hydrogen (secondary N) is 1. The van der Waals surface area contributed by atoms with Crippen molar-refractivity contribution in [2.24, 2.45) is 5.41 Å². The molecule has 1 heteroatoms. The van der Waals surface area contributed by atoms with Crippen molar-refractivity contribution in [3.63, 3.8) is 0 Å². The van der Waals surface area contributed by atoms with Gasteiger partial charge in [0.05, 0.1) is 0 Å². The van der Waals surface area contributed by atoms with E-state index in [2.05, 4.69) is 49.5 Å². The summed E-state index contributed by atoms with van der Waals surface area (Å²) in [6.45, 7) is 4.55. The molecule has 1 nitrogen and oxygen atoms in total. The molecule has 1 aliphatic carbocycles. The Balaban J connectivity index is 2.41. The predicted octanol–water partition coefficient (Wildman–Crippen LogP) is 3.32. The number of anilines is 1. The van der Waals surface area contributed by atoms with E-state index in [4.69, 9.17) is 0 Å². The van der Waals surface area contributed by atoms with Gasteiger partial charge in [-0.05, 0) is 35.1 Å². The lowest BCUT2D eigenvalue weighted by Gasteiger charge is -2.26. The van der Waals surface area contributed by atoms with Gasteiger partial charge < -0.3 is 5.32 Å². The fourth-order valence-electron chi connectivity index (χ4n) is 1.93. The first kappa shape index (κ1) is 9.32. The average molecular weight is 187 g/mol. The van der Waals surface area contributed by atoms with Gasteiger partial charge in [0.2, 0.25) is 0 Å². The van der Waals surface area contributed by atoms with Gasteiger partial charge in [0.25, 0.3) is 0 Å². The van der Waals surface area contributed by atoms with E-state index in [1.807, 2.05) is 7.05 Å². The molecule has 0 aliphatic heterocycles. The van der Waals surface area contributed by atoms with Crippen LogP contribution in [0.1, 0.15) is 25.0 Å². The molecule has 0 amide bonds. The molecule has 0 spiro atoms. The van der Waals surface area contributed by atoms with Crippen molar-refractivity contribution < 1.29 is 0 Å². The summed E-state index contributed by atoms with van der Waals surface area (Å²) in [4.78, 5) is 0. The maximum absolute atomic E-state index is 3.16. The molecule has 2 rings (SSSR count). The Morgan fingerprint density at radius 1 is 1.29 bits per heavy atom. The minimum absolute atomic E-state index is 0.314. The molecular formula is C13H17N. The molecule has 1 aliphatic rings. The molecule has 74 valence electrons. The van der Waals surface area contributed by atoms with Crippen LogP contribution in [0.15, 0.2) is 24.3 Å². The van der Waals surface area contributed by atoms with E-state index >= 15 is 0 Å². The van der Waals surface area contributed by atoms with Gasteiger partial charge in [-0.2, -0.15) is 0 Å². The Bertz CT molecular complexity index is 375. The summed E-state index contributed by atoms with van der Waals surface area (Å²) in [5.74, 6) is 0. The summed E-state index contributed by atoms with van der Waals surface area (Å²) in [5.41, 5.74) is 4.31. The third kappa shape index (κ3) is 1.67. The van der Waals surface area contributed by atoms with Gasteiger partial charge in [-0.15, -0.1) is 0 Å². The van der Waals surface area contributed by atoms with E-state index in [9.17, 15) is 0 Å². The second-order valence-corrected chi connectivity index (χ2v) is 4.66. The highest BCUT2D eigenvalue weighted by atomic mass is 14.8. The third-order valence-corrected chi connectivity index (χ3v) is 2.79. The van der Waals surface area contributed by atoms with Crippen molar-refractivity contribution in [2.75, 3.05) is 12.4 Å². The quantitative estimate of drug-likeness (QED) is 0.711. The Morgan fingerprint density at radius 3 is 2.79 bits per heavy atom. The summed E-state index contributed by atoms with van der Waals surface area (Å²) in [6.07, 6.45) is 5.68. The van der Waals surface area contributed by atoms with Crippen molar-refractivity contribution >= 4 is 11.8 Å². The second-order valence-electron chi connectivity index (χ2n) is 4.66. The highest BCUT2D eigenvalue weighted by Crippen LogP contribution is 2.32. The van der Waals surface area contributed by atoms with Crippen molar-refractivity contribution in [1.29, 1.82) is 0 Å². The molecule has 0 saturated carbocycles. The lowest BCUT2D eigenvalue weighted by Crippen LogP contribution is -2.15. The molecule has 0 aromatic heterocycles. The summed E-state index contributed by atoms with van der Waals surface area (Å²) in [7, 11) is 1.96. The van der Waals surface area contributed by atoms with E-state index in [0.29, 0.717) is 5.41 Å². The minimum atomic E-state index is 0.314. The van der Waals surface area contributed by atoms with E-state index < -0.39 is 0 Å². The molecule has 0 heterocycles. The molecule has 0 bridgehead atoms. The van der Waals surface area contributed by atoms with Crippen LogP contribution in [0, 0.1) is 5.41 Å². The van der Waals surface area contributed by atoms with Crippen molar-refractivity contribution in [2.45, 2.75) is 20.3 Å². The molecule has 14 heavy (non-hydrogen) atoms. The van der Waals surface area contributed by atoms with Crippen LogP contribution in [-0.4, -0.2) is 7.05 Å². The molecule has 0 radical (unpaired) electrons. The van der Waals surface area contributed by atoms with Crippen LogP contribution in [-0.2, 0) is 6.42 Å². The summed E-state index contributed by atoms with van der Waals surface area (Å²) in [5, 5.41) is 3.16. The number of rotatable bonds is 1. The summed E-state index contributed by atoms with van der Waals surface area (Å²) >= 11 is 0. The van der Waals surface area contributed by atoms with Gasteiger partial charge in [-0.25, -0.2) is 0 Å². The average Bonchev–Trinajstić information content (AvgIpc) is 2.16. The molecule has 0 unspecified atom stereocenters. The van der Waals surface area contributed by atoms with Gasteiger partial charge in [0.1, 0.15) is 0 Å². The first-order chi connectivity index (χ1) is 6.61. The predicted molar refractivity (Wildman–Crippen MR) is 62.5 cm³/mol. The molecule has 1 N–H and O–H groups in total. The maximum atomic E-state index is 3.16. The smallest absolute Gasteiger partial charge is 0.0343 e. The van der Waals surface area contributed by atoms with Crippen LogP contribution >= 0.6 is 0 Å². The first-order valence-electron chi connectivity index (χ1n) is 5.11. The third-order valence-electron chi connectivity index (χ3n) is 2.79. The minimum Gasteiger partial charge on any atom is -0.388 e. The second kappa shape index (κ2) is 3.16. The number of benzene rings is 1. The Hall–Kier alpha value is -1.24. The molecule has 1 aromatic rings. The van der Waals surface area contributed by atoms with E-state index in [1.165, 1.54) is 16.8 Å². The Morgan fingerprint density at radius 2 is 2.07 bits per heavy atom. The van der Waals surface area contributed by atoms with Crippen LogP contribution in [0.4, 0.5) is 5.69 Å². The van der Waals surface area contributed by atoms with Crippen LogP contribution in [0.5, 0.6) is 0 Å². The summed E-state index contributed by atoms with van der Waals surface area (Å²) in [6, 6.07) is 6.58. The van der Waals surface area contributed by atoms with Gasteiger partial charge >= 0.3 is 0 Å². The topological polar surface area (TPSA) is 12.0 Å². The standard InChI is InChI=1S/C13H17N/c1-13(2)7-6-10-8-12(14-3)5-4-11(10)9-13/h4-8,14H,9H2,1-3H3. The van der Waals surface area contributed by atoms with Crippen molar-refractivity contribution in [3.05, 3.63) is 35.4 Å². The lowest BCUT2D eigenvalue weighted by molar-refractivity contribution is 0.475. The van der Waals surface area contributed by atoms with Crippen LogP contribution in [0.3, 0.4) is 0 Å². The largest absolute Gasteiger partial charge is 0.388 e. The number of allylic oxidation sites excluding steroid dienone is 1. The van der Waals surface area contributed by atoms with Gasteiger partial charge in [0, 0.05) is 12.7 Å². The zero-order valence-electron chi connectivity index (χ0n) is 9.09. The SMILES string of the molecule is CNc1ccc2c(c1)C=CC(C)(C)C2. The zero-order valence-corrected chi connectivity index (χ0v) is 9.09. The highest BCUT2D eigenvalue weighted by Gasteiger charge is 2.20. The fraction of sp³-hybridized carbons (Fsp3) is 0.385. The summed E-state index contributed by atoms with van der Waals surface area (Å²) < 4.78 is 0. The Kier molecular flexibility index (Phi) is 2.10.